The van der Waals surface area contributed by atoms with E-state index in [1.165, 1.54) is 6.07 Å². The third-order valence-electron chi connectivity index (χ3n) is 2.16. The maximum atomic E-state index is 13.1. The molecule has 0 radical (unpaired) electrons. The molecular weight excluding hydrogens is 309 g/mol. The number of nitro groups is 1. The van der Waals surface area contributed by atoms with Crippen LogP contribution >= 0.6 is 15.9 Å². The van der Waals surface area contributed by atoms with Crippen LogP contribution in [0, 0.1) is 15.9 Å². The van der Waals surface area contributed by atoms with Crippen molar-refractivity contribution in [3.63, 3.8) is 0 Å². The van der Waals surface area contributed by atoms with Gasteiger partial charge in [-0.2, -0.15) is 4.39 Å². The maximum Gasteiger partial charge on any atom is 0.320 e. The molecule has 7 heteroatoms. The van der Waals surface area contributed by atoms with Crippen molar-refractivity contribution in [3.8, 4) is 0 Å². The topological polar surface area (TPSA) is 69.4 Å². The number of hydrogen-bond donors (Lipinski definition) is 0. The van der Waals surface area contributed by atoms with Crippen LogP contribution in [0.15, 0.2) is 18.2 Å². The molecule has 0 aliphatic carbocycles. The summed E-state index contributed by atoms with van der Waals surface area (Å²) in [6.07, 6.45) is 0.194. The molecule has 1 rings (SSSR count). The van der Waals surface area contributed by atoms with Crippen LogP contribution in [0.4, 0.5) is 10.1 Å². The number of carbonyl (C=O) groups excluding carboxylic acids is 1. The molecule has 0 heterocycles. The fraction of sp³-hybridized carbons (Fsp3) is 0.364. The van der Waals surface area contributed by atoms with Crippen molar-refractivity contribution in [2.24, 2.45) is 0 Å². The lowest BCUT2D eigenvalue weighted by Gasteiger charge is -2.08. The van der Waals surface area contributed by atoms with Crippen LogP contribution < -0.4 is 0 Å². The van der Waals surface area contributed by atoms with Gasteiger partial charge in [0.25, 0.3) is 0 Å². The Balaban J connectivity index is 2.82. The molecule has 0 aliphatic rings. The summed E-state index contributed by atoms with van der Waals surface area (Å²) in [5.74, 6) is -1.35. The summed E-state index contributed by atoms with van der Waals surface area (Å²) >= 11 is 3.12. The quantitative estimate of drug-likeness (QED) is 0.362. The first-order valence-corrected chi connectivity index (χ1v) is 6.10. The van der Waals surface area contributed by atoms with Crippen LogP contribution in [0.5, 0.6) is 0 Å². The lowest BCUT2D eigenvalue weighted by molar-refractivity contribution is -0.387. The predicted molar refractivity (Wildman–Crippen MR) is 66.1 cm³/mol. The zero-order chi connectivity index (χ0) is 13.7. The number of benzene rings is 1. The summed E-state index contributed by atoms with van der Waals surface area (Å²) in [4.78, 5) is 20.5. The number of alkyl halides is 1. The first kappa shape index (κ1) is 14.6. The Labute approximate surface area is 111 Å². The van der Waals surface area contributed by atoms with Gasteiger partial charge in [0.05, 0.1) is 11.5 Å². The van der Waals surface area contributed by atoms with Gasteiger partial charge in [-0.15, -0.1) is 0 Å². The number of nitrogens with zero attached hydrogens (tertiary/aromatic N) is 1. The second-order valence-corrected chi connectivity index (χ2v) is 4.57. The van der Waals surface area contributed by atoms with E-state index in [4.69, 9.17) is 4.74 Å². The highest BCUT2D eigenvalue weighted by atomic mass is 79.9. The molecule has 0 aliphatic heterocycles. The zero-order valence-corrected chi connectivity index (χ0v) is 11.1. The summed E-state index contributed by atoms with van der Waals surface area (Å²) in [6.45, 7) is 1.94. The van der Waals surface area contributed by atoms with Crippen molar-refractivity contribution < 1.29 is 18.8 Å². The number of hydrogen-bond acceptors (Lipinski definition) is 4. The molecule has 1 atom stereocenters. The second-order valence-electron chi connectivity index (χ2n) is 3.47. The lowest BCUT2D eigenvalue weighted by atomic mass is 10.1. The van der Waals surface area contributed by atoms with Crippen molar-refractivity contribution in [2.45, 2.75) is 18.2 Å². The van der Waals surface area contributed by atoms with Gasteiger partial charge < -0.3 is 4.74 Å². The summed E-state index contributed by atoms with van der Waals surface area (Å²) < 4.78 is 17.9. The molecule has 5 nitrogen and oxygen atoms in total. The Kier molecular flexibility index (Phi) is 5.21. The van der Waals surface area contributed by atoms with Crippen molar-refractivity contribution in [1.29, 1.82) is 0 Å². The third kappa shape index (κ3) is 3.76. The van der Waals surface area contributed by atoms with Gasteiger partial charge in [0.15, 0.2) is 0 Å². The minimum absolute atomic E-state index is 0.194. The third-order valence-corrected chi connectivity index (χ3v) is 2.86. The number of ether oxygens (including phenoxy) is 1. The fourth-order valence-corrected chi connectivity index (χ4v) is 1.85. The van der Waals surface area contributed by atoms with E-state index >= 15 is 0 Å². The van der Waals surface area contributed by atoms with Gasteiger partial charge in [-0.25, -0.2) is 0 Å². The van der Waals surface area contributed by atoms with E-state index < -0.39 is 27.2 Å². The van der Waals surface area contributed by atoms with E-state index in [1.54, 1.807) is 6.92 Å². The number of halogens is 2. The molecule has 1 aromatic carbocycles. The van der Waals surface area contributed by atoms with Gasteiger partial charge in [0.1, 0.15) is 4.83 Å². The number of carbonyl (C=O) groups is 1. The van der Waals surface area contributed by atoms with Crippen LogP contribution in [0.2, 0.25) is 0 Å². The molecule has 0 amide bonds. The van der Waals surface area contributed by atoms with Crippen LogP contribution in [0.1, 0.15) is 12.5 Å². The highest BCUT2D eigenvalue weighted by Gasteiger charge is 2.19. The summed E-state index contributed by atoms with van der Waals surface area (Å²) in [6, 6.07) is 3.52. The van der Waals surface area contributed by atoms with E-state index in [-0.39, 0.29) is 13.0 Å². The van der Waals surface area contributed by atoms with Crippen LogP contribution in [0.3, 0.4) is 0 Å². The Morgan fingerprint density at radius 2 is 2.28 bits per heavy atom. The van der Waals surface area contributed by atoms with Crippen LogP contribution in [-0.4, -0.2) is 22.3 Å². The fourth-order valence-electron chi connectivity index (χ4n) is 1.35. The average molecular weight is 320 g/mol. The second kappa shape index (κ2) is 6.44. The average Bonchev–Trinajstić information content (AvgIpc) is 2.31. The Bertz CT molecular complexity index is 466. The normalized spacial score (nSPS) is 11.9. The van der Waals surface area contributed by atoms with Gasteiger partial charge in [0, 0.05) is 6.07 Å². The molecule has 0 bridgehead atoms. The lowest BCUT2D eigenvalue weighted by Crippen LogP contribution is -2.19. The van der Waals surface area contributed by atoms with E-state index in [2.05, 4.69) is 15.9 Å². The minimum atomic E-state index is -0.897. The largest absolute Gasteiger partial charge is 0.465 e. The smallest absolute Gasteiger partial charge is 0.320 e. The minimum Gasteiger partial charge on any atom is -0.465 e. The molecular formula is C11H11BrFNO4. The van der Waals surface area contributed by atoms with Crippen molar-refractivity contribution >= 4 is 27.6 Å². The van der Waals surface area contributed by atoms with Gasteiger partial charge in [0.2, 0.25) is 5.82 Å². The monoisotopic (exact) mass is 319 g/mol. The molecule has 0 fully saturated rings. The number of nitro benzene ring substituents is 1. The molecule has 0 N–H and O–H groups in total. The number of rotatable bonds is 5. The van der Waals surface area contributed by atoms with Gasteiger partial charge in [-0.1, -0.05) is 22.0 Å². The van der Waals surface area contributed by atoms with Crippen molar-refractivity contribution in [3.05, 3.63) is 39.7 Å². The first-order valence-electron chi connectivity index (χ1n) is 5.19. The molecule has 1 aromatic rings. The standard InChI is InChI=1S/C11H11BrFNO4/c1-2-18-11(15)8(12)5-7-3-4-9(13)10(6-7)14(16)17/h3-4,6,8H,2,5H2,1H3. The highest BCUT2D eigenvalue weighted by molar-refractivity contribution is 9.10. The van der Waals surface area contributed by atoms with Crippen molar-refractivity contribution in [1.82, 2.24) is 0 Å². The highest BCUT2D eigenvalue weighted by Crippen LogP contribution is 2.21. The van der Waals surface area contributed by atoms with E-state index in [9.17, 15) is 19.3 Å². The first-order chi connectivity index (χ1) is 8.45. The van der Waals surface area contributed by atoms with Gasteiger partial charge >= 0.3 is 11.7 Å². The number of esters is 1. The molecule has 98 valence electrons. The molecule has 0 saturated carbocycles. The van der Waals surface area contributed by atoms with E-state index in [0.29, 0.717) is 5.56 Å². The SMILES string of the molecule is CCOC(=O)C(Br)Cc1ccc(F)c([N+](=O)[O-])c1. The Morgan fingerprint density at radius 1 is 1.61 bits per heavy atom. The van der Waals surface area contributed by atoms with E-state index in [0.717, 1.165) is 12.1 Å². The Morgan fingerprint density at radius 3 is 2.83 bits per heavy atom. The summed E-state index contributed by atoms with van der Waals surface area (Å²) in [5, 5.41) is 10.6. The zero-order valence-electron chi connectivity index (χ0n) is 9.56. The van der Waals surface area contributed by atoms with Gasteiger partial charge in [-0.05, 0) is 25.0 Å². The summed E-state index contributed by atoms with van der Waals surface area (Å²) in [7, 11) is 0. The van der Waals surface area contributed by atoms with E-state index in [1.807, 2.05) is 0 Å². The van der Waals surface area contributed by atoms with Crippen molar-refractivity contribution in [2.75, 3.05) is 6.61 Å². The molecule has 0 saturated heterocycles. The molecule has 0 aromatic heterocycles. The van der Waals surface area contributed by atoms with Crippen LogP contribution in [0.25, 0.3) is 0 Å². The Hall–Kier alpha value is -1.50. The van der Waals surface area contributed by atoms with Crippen LogP contribution in [-0.2, 0) is 16.0 Å². The maximum absolute atomic E-state index is 13.1. The van der Waals surface area contributed by atoms with Gasteiger partial charge in [-0.3, -0.25) is 14.9 Å². The predicted octanol–water partition coefficient (Wildman–Crippen LogP) is 2.60. The molecule has 18 heavy (non-hydrogen) atoms. The molecule has 1 unspecified atom stereocenters. The summed E-state index contributed by atoms with van der Waals surface area (Å²) in [5.41, 5.74) is -0.117. The molecule has 0 spiro atoms.